The molecule has 0 aromatic carbocycles. The zero-order valence-corrected chi connectivity index (χ0v) is 10.6. The lowest BCUT2D eigenvalue weighted by atomic mass is 10.4. The van der Waals surface area contributed by atoms with Crippen LogP contribution < -0.4 is 5.32 Å². The lowest BCUT2D eigenvalue weighted by Crippen LogP contribution is -2.31. The molecule has 0 saturated heterocycles. The van der Waals surface area contributed by atoms with Gasteiger partial charge in [-0.3, -0.25) is 0 Å². The number of rotatable bonds is 3. The van der Waals surface area contributed by atoms with Crippen molar-refractivity contribution in [1.29, 1.82) is 0 Å². The monoisotopic (exact) mass is 265 g/mol. The van der Waals surface area contributed by atoms with Crippen LogP contribution in [0, 0.1) is 0 Å². The summed E-state index contributed by atoms with van der Waals surface area (Å²) >= 11 is 7.06. The molecule has 0 bridgehead atoms. The van der Waals surface area contributed by atoms with E-state index < -0.39 is 0 Å². The van der Waals surface area contributed by atoms with E-state index in [1.807, 2.05) is 18.8 Å². The molecule has 0 saturated carbocycles. The average molecular weight is 266 g/mol. The number of thiophene rings is 1. The standard InChI is InChI=1S/C8H12BrNS2/c1-8(2,10-3)12-7-5-4-6(9)11-7/h4-5,10H,1-3H3. The highest BCUT2D eigenvalue weighted by atomic mass is 79.9. The fraction of sp³-hybridized carbons (Fsp3) is 0.500. The van der Waals surface area contributed by atoms with Crippen LogP contribution in [0.15, 0.2) is 20.1 Å². The molecule has 0 unspecified atom stereocenters. The molecule has 1 aromatic heterocycles. The molecule has 0 fully saturated rings. The molecule has 68 valence electrons. The molecule has 1 rings (SSSR count). The molecule has 12 heavy (non-hydrogen) atoms. The van der Waals surface area contributed by atoms with Gasteiger partial charge >= 0.3 is 0 Å². The summed E-state index contributed by atoms with van der Waals surface area (Å²) in [5.41, 5.74) is 0. The first-order valence-corrected chi connectivity index (χ1v) is 6.09. The van der Waals surface area contributed by atoms with Gasteiger partial charge in [0, 0.05) is 0 Å². The van der Waals surface area contributed by atoms with Crippen LogP contribution in [0.5, 0.6) is 0 Å². The zero-order valence-electron chi connectivity index (χ0n) is 7.35. The molecule has 1 N–H and O–H groups in total. The lowest BCUT2D eigenvalue weighted by molar-refractivity contribution is 0.609. The predicted molar refractivity (Wildman–Crippen MR) is 61.0 cm³/mol. The maximum atomic E-state index is 3.45. The maximum Gasteiger partial charge on any atom is 0.0710 e. The zero-order chi connectivity index (χ0) is 9.19. The van der Waals surface area contributed by atoms with Crippen molar-refractivity contribution in [3.05, 3.63) is 15.9 Å². The van der Waals surface area contributed by atoms with E-state index in [4.69, 9.17) is 0 Å². The van der Waals surface area contributed by atoms with Crippen molar-refractivity contribution in [2.75, 3.05) is 7.05 Å². The third-order valence-electron chi connectivity index (χ3n) is 1.51. The van der Waals surface area contributed by atoms with Crippen LogP contribution in [0.3, 0.4) is 0 Å². The molecular formula is C8H12BrNS2. The van der Waals surface area contributed by atoms with Crippen LogP contribution in [0.2, 0.25) is 0 Å². The van der Waals surface area contributed by atoms with E-state index in [0.29, 0.717) is 0 Å². The molecule has 0 atom stereocenters. The Bertz CT molecular complexity index is 257. The summed E-state index contributed by atoms with van der Waals surface area (Å²) in [6.07, 6.45) is 0. The van der Waals surface area contributed by atoms with E-state index in [2.05, 4.69) is 47.2 Å². The first kappa shape index (κ1) is 10.6. The Hall–Kier alpha value is 0.490. The van der Waals surface area contributed by atoms with Crippen molar-refractivity contribution in [2.24, 2.45) is 0 Å². The van der Waals surface area contributed by atoms with E-state index >= 15 is 0 Å². The second kappa shape index (κ2) is 4.13. The summed E-state index contributed by atoms with van der Waals surface area (Å²) in [7, 11) is 1.98. The fourth-order valence-electron chi connectivity index (χ4n) is 0.655. The molecule has 0 aliphatic rings. The summed E-state index contributed by atoms with van der Waals surface area (Å²) in [5.74, 6) is 0. The minimum absolute atomic E-state index is 0.115. The third kappa shape index (κ3) is 3.09. The smallest absolute Gasteiger partial charge is 0.0710 e. The maximum absolute atomic E-state index is 3.45. The molecule has 1 nitrogen and oxygen atoms in total. The molecule has 4 heteroatoms. The van der Waals surface area contributed by atoms with Gasteiger partial charge in [-0.25, -0.2) is 0 Å². The second-order valence-electron chi connectivity index (χ2n) is 2.92. The normalized spacial score (nSPS) is 12.0. The highest BCUT2D eigenvalue weighted by Crippen LogP contribution is 2.36. The molecule has 1 heterocycles. The Labute approximate surface area is 90.1 Å². The van der Waals surface area contributed by atoms with Gasteiger partial charge in [-0.15, -0.1) is 11.3 Å². The van der Waals surface area contributed by atoms with E-state index in [-0.39, 0.29) is 4.87 Å². The van der Waals surface area contributed by atoms with E-state index in [0.717, 1.165) is 0 Å². The van der Waals surface area contributed by atoms with Gasteiger partial charge < -0.3 is 5.32 Å². The van der Waals surface area contributed by atoms with Crippen LogP contribution in [-0.2, 0) is 0 Å². The van der Waals surface area contributed by atoms with Gasteiger partial charge in [0.05, 0.1) is 12.9 Å². The number of hydrogen-bond donors (Lipinski definition) is 1. The number of thioether (sulfide) groups is 1. The first-order chi connectivity index (χ1) is 5.53. The number of nitrogens with one attached hydrogen (secondary N) is 1. The van der Waals surface area contributed by atoms with Crippen molar-refractivity contribution in [2.45, 2.75) is 22.9 Å². The van der Waals surface area contributed by atoms with Crippen LogP contribution in [-0.4, -0.2) is 11.9 Å². The van der Waals surface area contributed by atoms with Crippen molar-refractivity contribution in [3.8, 4) is 0 Å². The summed E-state index contributed by atoms with van der Waals surface area (Å²) in [5, 5.41) is 3.25. The van der Waals surface area contributed by atoms with Crippen LogP contribution in [0.1, 0.15) is 13.8 Å². The van der Waals surface area contributed by atoms with E-state index in [1.165, 1.54) is 8.00 Å². The van der Waals surface area contributed by atoms with Gasteiger partial charge in [0.25, 0.3) is 0 Å². The highest BCUT2D eigenvalue weighted by Gasteiger charge is 2.16. The Morgan fingerprint density at radius 2 is 2.17 bits per heavy atom. The number of halogens is 1. The van der Waals surface area contributed by atoms with Crippen molar-refractivity contribution in [3.63, 3.8) is 0 Å². The lowest BCUT2D eigenvalue weighted by Gasteiger charge is -2.21. The Morgan fingerprint density at radius 1 is 1.50 bits per heavy atom. The van der Waals surface area contributed by atoms with Crippen molar-refractivity contribution < 1.29 is 0 Å². The Kier molecular flexibility index (Phi) is 3.64. The minimum Gasteiger partial charge on any atom is -0.306 e. The molecular weight excluding hydrogens is 254 g/mol. The second-order valence-corrected chi connectivity index (χ2v) is 7.31. The summed E-state index contributed by atoms with van der Waals surface area (Å²) in [4.78, 5) is 0.115. The van der Waals surface area contributed by atoms with Gasteiger partial charge in [0.1, 0.15) is 0 Å². The summed E-state index contributed by atoms with van der Waals surface area (Å²) < 4.78 is 2.53. The molecule has 1 aromatic rings. The van der Waals surface area contributed by atoms with Gasteiger partial charge in [0.15, 0.2) is 0 Å². The average Bonchev–Trinajstić information content (AvgIpc) is 2.35. The third-order valence-corrected chi connectivity index (χ3v) is 4.48. The van der Waals surface area contributed by atoms with Gasteiger partial charge in [-0.05, 0) is 49.0 Å². The first-order valence-electron chi connectivity index (χ1n) is 3.67. The summed E-state index contributed by atoms with van der Waals surface area (Å²) in [6.45, 7) is 4.34. The minimum atomic E-state index is 0.115. The quantitative estimate of drug-likeness (QED) is 0.663. The highest BCUT2D eigenvalue weighted by molar-refractivity contribution is 9.11. The van der Waals surface area contributed by atoms with Crippen LogP contribution in [0.4, 0.5) is 0 Å². The van der Waals surface area contributed by atoms with Gasteiger partial charge in [-0.1, -0.05) is 11.8 Å². The largest absolute Gasteiger partial charge is 0.306 e. The van der Waals surface area contributed by atoms with Crippen LogP contribution in [0.25, 0.3) is 0 Å². The van der Waals surface area contributed by atoms with Crippen LogP contribution >= 0.6 is 39.0 Å². The topological polar surface area (TPSA) is 12.0 Å². The SMILES string of the molecule is CNC(C)(C)Sc1ccc(Br)s1. The molecule has 0 aliphatic carbocycles. The summed E-state index contributed by atoms with van der Waals surface area (Å²) in [6, 6.07) is 4.22. The van der Waals surface area contributed by atoms with E-state index in [9.17, 15) is 0 Å². The number of hydrogen-bond acceptors (Lipinski definition) is 3. The molecule has 0 amide bonds. The molecule has 0 radical (unpaired) electrons. The van der Waals surface area contributed by atoms with Gasteiger partial charge in [0.2, 0.25) is 0 Å². The molecule has 0 spiro atoms. The Balaban J connectivity index is 2.63. The van der Waals surface area contributed by atoms with Crippen molar-refractivity contribution >= 4 is 39.0 Å². The van der Waals surface area contributed by atoms with E-state index in [1.54, 1.807) is 11.3 Å². The predicted octanol–water partition coefficient (Wildman–Crippen LogP) is 3.56. The fourth-order valence-corrected chi connectivity index (χ4v) is 3.90. The van der Waals surface area contributed by atoms with Gasteiger partial charge in [-0.2, -0.15) is 0 Å². The Morgan fingerprint density at radius 3 is 2.58 bits per heavy atom. The van der Waals surface area contributed by atoms with Crippen molar-refractivity contribution in [1.82, 2.24) is 5.32 Å². The molecule has 0 aliphatic heterocycles.